The molecule has 3 unspecified atom stereocenters. The molecule has 0 radical (unpaired) electrons. The van der Waals surface area contributed by atoms with E-state index in [1.165, 1.54) is 0 Å². The Labute approximate surface area is 217 Å². The van der Waals surface area contributed by atoms with Gasteiger partial charge in [0.15, 0.2) is 0 Å². The van der Waals surface area contributed by atoms with E-state index >= 15 is 0 Å². The number of amides is 4. The van der Waals surface area contributed by atoms with E-state index in [1.807, 2.05) is 11.8 Å². The molecule has 2 aliphatic heterocycles. The van der Waals surface area contributed by atoms with E-state index in [4.69, 9.17) is 25.4 Å². The third-order valence-corrected chi connectivity index (χ3v) is 7.13. The summed E-state index contributed by atoms with van der Waals surface area (Å²) in [5.41, 5.74) is 0. The van der Waals surface area contributed by atoms with Crippen molar-refractivity contribution in [2.45, 2.75) is 49.4 Å². The molecule has 11 nitrogen and oxygen atoms in total. The summed E-state index contributed by atoms with van der Waals surface area (Å²) < 4.78 is 21.6. The predicted molar refractivity (Wildman–Crippen MR) is 137 cm³/mol. The van der Waals surface area contributed by atoms with Crippen LogP contribution in [-0.4, -0.2) is 107 Å². The number of fused-ring (bicyclic) bond motifs is 1. The zero-order valence-corrected chi connectivity index (χ0v) is 21.7. The maximum Gasteiger partial charge on any atom is 0.315 e. The third kappa shape index (κ3) is 13.3. The number of carbonyl (C=O) groups excluding carboxylic acids is 3. The van der Waals surface area contributed by atoms with Crippen LogP contribution < -0.4 is 21.3 Å². The number of carbonyl (C=O) groups is 3. The molecule has 2 saturated heterocycles. The minimum absolute atomic E-state index is 0.0379. The Hall–Kier alpha value is -2.04. The first-order chi connectivity index (χ1) is 17.6. The van der Waals surface area contributed by atoms with Crippen LogP contribution in [0.3, 0.4) is 0 Å². The lowest BCUT2D eigenvalue weighted by Gasteiger charge is -2.16. The Morgan fingerprint density at radius 3 is 2.22 bits per heavy atom. The average Bonchev–Trinajstić information content (AvgIpc) is 3.42. The molecule has 0 aromatic heterocycles. The standard InChI is InChI=1S/C24H40N4O7S/c1-2-8-25-22(30)7-10-32-12-14-34-16-17-35-15-13-33-11-9-26-21(29)6-4-3-5-20-23-19(18-36-20)27-24(31)28-23/h1,19-20,23H,3-18H2,(H,25,30)(H,26,29)(H2,27,28,31). The second-order valence-electron chi connectivity index (χ2n) is 8.40. The maximum atomic E-state index is 11.9. The molecule has 0 bridgehead atoms. The number of nitrogens with one attached hydrogen (secondary N) is 4. The highest BCUT2D eigenvalue weighted by molar-refractivity contribution is 8.00. The first kappa shape index (κ1) is 30.2. The van der Waals surface area contributed by atoms with Crippen molar-refractivity contribution in [3.8, 4) is 12.3 Å². The lowest BCUT2D eigenvalue weighted by Crippen LogP contribution is -2.36. The number of hydrogen-bond donors (Lipinski definition) is 4. The molecule has 2 heterocycles. The van der Waals surface area contributed by atoms with Crippen LogP contribution in [0.2, 0.25) is 0 Å². The molecular formula is C24H40N4O7S. The Balaban J connectivity index is 1.26. The van der Waals surface area contributed by atoms with Crippen LogP contribution in [0, 0.1) is 12.3 Å². The number of urea groups is 1. The van der Waals surface area contributed by atoms with Gasteiger partial charge in [0.2, 0.25) is 11.8 Å². The van der Waals surface area contributed by atoms with Crippen LogP contribution in [-0.2, 0) is 28.5 Å². The van der Waals surface area contributed by atoms with Gasteiger partial charge in [-0.25, -0.2) is 4.79 Å². The summed E-state index contributed by atoms with van der Waals surface area (Å²) >= 11 is 1.90. The van der Waals surface area contributed by atoms with Crippen LogP contribution in [0.15, 0.2) is 0 Å². The fraction of sp³-hybridized carbons (Fsp3) is 0.792. The molecule has 2 aliphatic rings. The van der Waals surface area contributed by atoms with Crippen LogP contribution in [0.1, 0.15) is 32.1 Å². The molecule has 0 saturated carbocycles. The summed E-state index contributed by atoms with van der Waals surface area (Å²) in [5, 5.41) is 11.8. The van der Waals surface area contributed by atoms with E-state index in [1.54, 1.807) is 0 Å². The molecule has 12 heteroatoms. The molecular weight excluding hydrogens is 488 g/mol. The number of ether oxygens (including phenoxy) is 4. The largest absolute Gasteiger partial charge is 0.379 e. The van der Waals surface area contributed by atoms with Gasteiger partial charge in [-0.1, -0.05) is 12.3 Å². The van der Waals surface area contributed by atoms with Gasteiger partial charge in [0.25, 0.3) is 0 Å². The van der Waals surface area contributed by atoms with Gasteiger partial charge in [0.05, 0.1) is 71.5 Å². The Morgan fingerprint density at radius 2 is 1.53 bits per heavy atom. The molecule has 0 aromatic rings. The summed E-state index contributed by atoms with van der Waals surface area (Å²) in [5.74, 6) is 3.21. The monoisotopic (exact) mass is 528 g/mol. The zero-order chi connectivity index (χ0) is 25.8. The Bertz CT molecular complexity index is 706. The molecule has 0 aliphatic carbocycles. The van der Waals surface area contributed by atoms with Gasteiger partial charge in [-0.15, -0.1) is 6.42 Å². The number of thioether (sulfide) groups is 1. The van der Waals surface area contributed by atoms with Gasteiger partial charge in [-0.2, -0.15) is 11.8 Å². The van der Waals surface area contributed by atoms with E-state index in [9.17, 15) is 14.4 Å². The molecule has 2 fully saturated rings. The van der Waals surface area contributed by atoms with Crippen LogP contribution >= 0.6 is 11.8 Å². The number of rotatable bonds is 21. The summed E-state index contributed by atoms with van der Waals surface area (Å²) in [6, 6.07) is 0.410. The number of unbranched alkanes of at least 4 members (excludes halogenated alkanes) is 1. The normalized spacial score (nSPS) is 20.3. The average molecular weight is 529 g/mol. The Kier molecular flexibility index (Phi) is 16.0. The van der Waals surface area contributed by atoms with Crippen molar-refractivity contribution in [3.63, 3.8) is 0 Å². The van der Waals surface area contributed by atoms with Gasteiger partial charge in [0.1, 0.15) is 0 Å². The highest BCUT2D eigenvalue weighted by Gasteiger charge is 2.42. The quantitative estimate of drug-likeness (QED) is 0.0931. The zero-order valence-electron chi connectivity index (χ0n) is 20.9. The maximum absolute atomic E-state index is 11.9. The minimum atomic E-state index is -0.130. The van der Waals surface area contributed by atoms with E-state index in [0.29, 0.717) is 71.1 Å². The van der Waals surface area contributed by atoms with Crippen molar-refractivity contribution >= 4 is 29.6 Å². The van der Waals surface area contributed by atoms with Crippen molar-refractivity contribution in [2.75, 3.05) is 71.7 Å². The topological polar surface area (TPSA) is 136 Å². The summed E-state index contributed by atoms with van der Waals surface area (Å²) in [6.07, 6.45) is 8.66. The molecule has 0 spiro atoms. The second-order valence-corrected chi connectivity index (χ2v) is 9.67. The van der Waals surface area contributed by atoms with Gasteiger partial charge in [0, 0.05) is 30.4 Å². The molecule has 3 atom stereocenters. The second kappa shape index (κ2) is 19.1. The van der Waals surface area contributed by atoms with Gasteiger partial charge in [-0.3, -0.25) is 9.59 Å². The Morgan fingerprint density at radius 1 is 0.889 bits per heavy atom. The number of hydrogen-bond acceptors (Lipinski definition) is 8. The van der Waals surface area contributed by atoms with E-state index in [0.717, 1.165) is 25.0 Å². The summed E-state index contributed by atoms with van der Waals surface area (Å²) in [6.45, 7) is 4.14. The highest BCUT2D eigenvalue weighted by atomic mass is 32.2. The predicted octanol–water partition coefficient (Wildman–Crippen LogP) is 0.0343. The van der Waals surface area contributed by atoms with Crippen LogP contribution in [0.5, 0.6) is 0 Å². The van der Waals surface area contributed by atoms with E-state index in [2.05, 4.69) is 27.2 Å². The fourth-order valence-electron chi connectivity index (χ4n) is 3.79. The van der Waals surface area contributed by atoms with Crippen molar-refractivity contribution in [2.24, 2.45) is 0 Å². The van der Waals surface area contributed by atoms with Crippen molar-refractivity contribution < 1.29 is 33.3 Å². The fourth-order valence-corrected chi connectivity index (χ4v) is 5.33. The SMILES string of the molecule is C#CCNC(=O)CCOCCOCCOCCOCCNC(=O)CCCCC1SCC2NC(=O)NC21. The van der Waals surface area contributed by atoms with Crippen LogP contribution in [0.25, 0.3) is 0 Å². The van der Waals surface area contributed by atoms with Gasteiger partial charge >= 0.3 is 6.03 Å². The van der Waals surface area contributed by atoms with Crippen LogP contribution in [0.4, 0.5) is 4.79 Å². The van der Waals surface area contributed by atoms with Crippen molar-refractivity contribution in [1.29, 1.82) is 0 Å². The smallest absolute Gasteiger partial charge is 0.315 e. The number of terminal acetylenes is 1. The molecule has 36 heavy (non-hydrogen) atoms. The highest BCUT2D eigenvalue weighted by Crippen LogP contribution is 2.33. The first-order valence-electron chi connectivity index (χ1n) is 12.6. The molecule has 204 valence electrons. The lowest BCUT2D eigenvalue weighted by molar-refractivity contribution is -0.122. The summed E-state index contributed by atoms with van der Waals surface area (Å²) in [7, 11) is 0. The minimum Gasteiger partial charge on any atom is -0.379 e. The molecule has 4 amide bonds. The van der Waals surface area contributed by atoms with E-state index < -0.39 is 0 Å². The van der Waals surface area contributed by atoms with Crippen molar-refractivity contribution in [3.05, 3.63) is 0 Å². The lowest BCUT2D eigenvalue weighted by atomic mass is 10.0. The molecule has 4 N–H and O–H groups in total. The van der Waals surface area contributed by atoms with Gasteiger partial charge in [-0.05, 0) is 12.8 Å². The summed E-state index contributed by atoms with van der Waals surface area (Å²) in [4.78, 5) is 34.6. The first-order valence-corrected chi connectivity index (χ1v) is 13.6. The van der Waals surface area contributed by atoms with Crippen molar-refractivity contribution in [1.82, 2.24) is 21.3 Å². The molecule has 2 rings (SSSR count). The van der Waals surface area contributed by atoms with Gasteiger partial charge < -0.3 is 40.2 Å². The molecule has 0 aromatic carbocycles. The van der Waals surface area contributed by atoms with E-state index in [-0.39, 0.29) is 42.9 Å². The third-order valence-electron chi connectivity index (χ3n) is 5.63.